The van der Waals surface area contributed by atoms with E-state index < -0.39 is 5.41 Å². The maximum Gasteiger partial charge on any atom is 0.233 e. The van der Waals surface area contributed by atoms with Gasteiger partial charge in [-0.3, -0.25) is 4.79 Å². The third-order valence-corrected chi connectivity index (χ3v) is 4.66. The van der Waals surface area contributed by atoms with Gasteiger partial charge in [0.15, 0.2) is 0 Å². The van der Waals surface area contributed by atoms with Gasteiger partial charge in [-0.1, -0.05) is 31.0 Å². The predicted octanol–water partition coefficient (Wildman–Crippen LogP) is 2.07. The molecule has 2 aliphatic rings. The minimum atomic E-state index is -0.622. The number of nitrogens with zero attached hydrogens (tertiary/aromatic N) is 1. The average molecular weight is 276 g/mol. The molecule has 1 aliphatic carbocycles. The molecule has 0 atom stereocenters. The van der Waals surface area contributed by atoms with Gasteiger partial charge in [-0.05, 0) is 18.9 Å². The zero-order chi connectivity index (χ0) is 14.0. The standard InChI is InChI=1S/C16H21FN2O/c17-14-6-2-1-5-13(14)16(7-3-4-8-16)15(20)19-11-9-18-10-12-19/h1-2,5-6,18H,3-4,7-12H2. The molecule has 1 N–H and O–H groups in total. The summed E-state index contributed by atoms with van der Waals surface area (Å²) in [5.41, 5.74) is -0.0242. The van der Waals surface area contributed by atoms with Crippen molar-refractivity contribution in [3.63, 3.8) is 0 Å². The van der Waals surface area contributed by atoms with Gasteiger partial charge in [-0.25, -0.2) is 4.39 Å². The molecule has 0 aromatic heterocycles. The maximum absolute atomic E-state index is 14.2. The van der Waals surface area contributed by atoms with Gasteiger partial charge in [-0.15, -0.1) is 0 Å². The summed E-state index contributed by atoms with van der Waals surface area (Å²) in [5.74, 6) is -0.112. The van der Waals surface area contributed by atoms with Crippen LogP contribution < -0.4 is 5.32 Å². The Bertz CT molecular complexity index is 491. The first kappa shape index (κ1) is 13.6. The molecule has 1 amide bonds. The van der Waals surface area contributed by atoms with E-state index in [1.165, 1.54) is 6.07 Å². The normalized spacial score (nSPS) is 21.9. The van der Waals surface area contributed by atoms with Crippen LogP contribution in [0.15, 0.2) is 24.3 Å². The van der Waals surface area contributed by atoms with Crippen molar-refractivity contribution in [2.75, 3.05) is 26.2 Å². The summed E-state index contributed by atoms with van der Waals surface area (Å²) in [6.07, 6.45) is 3.56. The Hall–Kier alpha value is -1.42. The van der Waals surface area contributed by atoms with Gasteiger partial charge in [-0.2, -0.15) is 0 Å². The van der Waals surface area contributed by atoms with Gasteiger partial charge >= 0.3 is 0 Å². The molecule has 4 heteroatoms. The monoisotopic (exact) mass is 276 g/mol. The second kappa shape index (κ2) is 5.52. The van der Waals surface area contributed by atoms with Crippen molar-refractivity contribution >= 4 is 5.91 Å². The van der Waals surface area contributed by atoms with Crippen LogP contribution in [0.1, 0.15) is 31.2 Å². The summed E-state index contributed by atoms with van der Waals surface area (Å²) in [7, 11) is 0. The van der Waals surface area contributed by atoms with Crippen LogP contribution in [0.25, 0.3) is 0 Å². The molecule has 108 valence electrons. The van der Waals surface area contributed by atoms with Crippen molar-refractivity contribution in [3.8, 4) is 0 Å². The summed E-state index contributed by atoms with van der Waals surface area (Å²) >= 11 is 0. The first-order chi connectivity index (χ1) is 9.74. The molecule has 2 fully saturated rings. The molecule has 1 aromatic rings. The second-order valence-electron chi connectivity index (χ2n) is 5.81. The van der Waals surface area contributed by atoms with Crippen LogP contribution in [0.5, 0.6) is 0 Å². The van der Waals surface area contributed by atoms with Crippen LogP contribution in [0.2, 0.25) is 0 Å². The van der Waals surface area contributed by atoms with Crippen molar-refractivity contribution in [1.29, 1.82) is 0 Å². The van der Waals surface area contributed by atoms with Crippen LogP contribution >= 0.6 is 0 Å². The molecule has 1 aliphatic heterocycles. The predicted molar refractivity (Wildman–Crippen MR) is 76.0 cm³/mol. The first-order valence-corrected chi connectivity index (χ1v) is 7.49. The average Bonchev–Trinajstić information content (AvgIpc) is 2.98. The minimum absolute atomic E-state index is 0.126. The summed E-state index contributed by atoms with van der Waals surface area (Å²) in [6, 6.07) is 6.79. The van der Waals surface area contributed by atoms with Crippen molar-refractivity contribution < 1.29 is 9.18 Å². The number of nitrogens with one attached hydrogen (secondary N) is 1. The molecule has 3 rings (SSSR count). The van der Waals surface area contributed by atoms with E-state index in [1.807, 2.05) is 11.0 Å². The Balaban J connectivity index is 1.95. The lowest BCUT2D eigenvalue weighted by Crippen LogP contribution is -2.53. The molecule has 0 spiro atoms. The van der Waals surface area contributed by atoms with Crippen LogP contribution in [0, 0.1) is 5.82 Å². The molecule has 1 heterocycles. The summed E-state index contributed by atoms with van der Waals surface area (Å²) < 4.78 is 14.2. The Morgan fingerprint density at radius 2 is 1.80 bits per heavy atom. The molecule has 20 heavy (non-hydrogen) atoms. The lowest BCUT2D eigenvalue weighted by atomic mass is 9.77. The number of amides is 1. The Morgan fingerprint density at radius 3 is 2.45 bits per heavy atom. The highest BCUT2D eigenvalue weighted by Crippen LogP contribution is 2.43. The first-order valence-electron chi connectivity index (χ1n) is 7.49. The van der Waals surface area contributed by atoms with Gasteiger partial charge in [0.25, 0.3) is 0 Å². The number of benzene rings is 1. The van der Waals surface area contributed by atoms with Crippen molar-refractivity contribution in [2.45, 2.75) is 31.1 Å². The number of rotatable bonds is 2. The third-order valence-electron chi connectivity index (χ3n) is 4.66. The smallest absolute Gasteiger partial charge is 0.233 e. The van der Waals surface area contributed by atoms with Crippen molar-refractivity contribution in [2.24, 2.45) is 0 Å². The lowest BCUT2D eigenvalue weighted by molar-refractivity contribution is -0.138. The van der Waals surface area contributed by atoms with Crippen molar-refractivity contribution in [3.05, 3.63) is 35.6 Å². The number of piperazine rings is 1. The highest BCUT2D eigenvalue weighted by molar-refractivity contribution is 5.88. The zero-order valence-electron chi connectivity index (χ0n) is 11.7. The van der Waals surface area contributed by atoms with Crippen molar-refractivity contribution in [1.82, 2.24) is 10.2 Å². The highest BCUT2D eigenvalue weighted by atomic mass is 19.1. The third kappa shape index (κ3) is 2.22. The zero-order valence-corrected chi connectivity index (χ0v) is 11.7. The number of halogens is 1. The molecule has 0 radical (unpaired) electrons. The number of hydrogen-bond donors (Lipinski definition) is 1. The molecular formula is C16H21FN2O. The topological polar surface area (TPSA) is 32.3 Å². The Kier molecular flexibility index (Phi) is 3.74. The van der Waals surface area contributed by atoms with E-state index in [0.29, 0.717) is 5.56 Å². The Labute approximate surface area is 119 Å². The molecule has 0 bridgehead atoms. The van der Waals surface area contributed by atoms with E-state index in [0.717, 1.165) is 51.9 Å². The van der Waals surface area contributed by atoms with E-state index in [2.05, 4.69) is 5.32 Å². The van der Waals surface area contributed by atoms with Gasteiger partial charge < -0.3 is 10.2 Å². The lowest BCUT2D eigenvalue weighted by Gasteiger charge is -2.37. The van der Waals surface area contributed by atoms with Crippen LogP contribution in [-0.4, -0.2) is 37.0 Å². The molecule has 0 unspecified atom stereocenters. The maximum atomic E-state index is 14.2. The Morgan fingerprint density at radius 1 is 1.15 bits per heavy atom. The molecule has 1 saturated heterocycles. The van der Waals surface area contributed by atoms with E-state index in [-0.39, 0.29) is 11.7 Å². The minimum Gasteiger partial charge on any atom is -0.339 e. The van der Waals surface area contributed by atoms with E-state index in [1.54, 1.807) is 12.1 Å². The van der Waals surface area contributed by atoms with Gasteiger partial charge in [0.05, 0.1) is 5.41 Å². The van der Waals surface area contributed by atoms with Crippen LogP contribution in [0.3, 0.4) is 0 Å². The summed E-state index contributed by atoms with van der Waals surface area (Å²) in [6.45, 7) is 3.13. The fourth-order valence-electron chi connectivity index (χ4n) is 3.60. The number of hydrogen-bond acceptors (Lipinski definition) is 2. The number of carbonyl (C=O) groups excluding carboxylic acids is 1. The molecule has 3 nitrogen and oxygen atoms in total. The van der Waals surface area contributed by atoms with E-state index >= 15 is 0 Å². The quantitative estimate of drug-likeness (QED) is 0.897. The summed E-state index contributed by atoms with van der Waals surface area (Å²) in [5, 5.41) is 3.26. The second-order valence-corrected chi connectivity index (χ2v) is 5.81. The summed E-state index contributed by atoms with van der Waals surface area (Å²) in [4.78, 5) is 14.9. The van der Waals surface area contributed by atoms with Gasteiger partial charge in [0, 0.05) is 31.7 Å². The van der Waals surface area contributed by atoms with Crippen LogP contribution in [-0.2, 0) is 10.2 Å². The van der Waals surface area contributed by atoms with Crippen LogP contribution in [0.4, 0.5) is 4.39 Å². The molecular weight excluding hydrogens is 255 g/mol. The van der Waals surface area contributed by atoms with E-state index in [9.17, 15) is 9.18 Å². The van der Waals surface area contributed by atoms with Gasteiger partial charge in [0.2, 0.25) is 5.91 Å². The number of carbonyl (C=O) groups is 1. The van der Waals surface area contributed by atoms with Gasteiger partial charge in [0.1, 0.15) is 5.82 Å². The largest absolute Gasteiger partial charge is 0.339 e. The molecule has 1 saturated carbocycles. The molecule has 1 aromatic carbocycles. The fraction of sp³-hybridized carbons (Fsp3) is 0.562. The fourth-order valence-corrected chi connectivity index (χ4v) is 3.60. The van der Waals surface area contributed by atoms with E-state index in [4.69, 9.17) is 0 Å². The SMILES string of the molecule is O=C(N1CCNCC1)C1(c2ccccc2F)CCCC1. The highest BCUT2D eigenvalue weighted by Gasteiger charge is 2.46.